The van der Waals surface area contributed by atoms with Gasteiger partial charge in [-0.2, -0.15) is 0 Å². The van der Waals surface area contributed by atoms with Crippen LogP contribution in [0.2, 0.25) is 0 Å². The highest BCUT2D eigenvalue weighted by Crippen LogP contribution is 2.42. The van der Waals surface area contributed by atoms with Gasteiger partial charge in [0.15, 0.2) is 50.3 Å². The number of aliphatic hydroxyl groups excluding tert-OH is 15. The fourth-order valence-corrected chi connectivity index (χ4v) is 17.1. The highest BCUT2D eigenvalue weighted by Gasteiger charge is 2.61. The van der Waals surface area contributed by atoms with Crippen molar-refractivity contribution >= 4 is 158 Å². The van der Waals surface area contributed by atoms with Crippen molar-refractivity contribution in [3.63, 3.8) is 0 Å². The van der Waals surface area contributed by atoms with Crippen LogP contribution in [-0.4, -0.2) is 360 Å². The smallest absolute Gasteiger partial charge is 0.187 e. The Morgan fingerprint density at radius 2 is 0.368 bits per heavy atom. The highest BCUT2D eigenvalue weighted by molar-refractivity contribution is 14.1. The maximum atomic E-state index is 11.7. The van der Waals surface area contributed by atoms with Gasteiger partial charge in [0.25, 0.3) is 0 Å². The molecule has 40 atom stereocenters. The van der Waals surface area contributed by atoms with E-state index < -0.39 is 246 Å². The maximum Gasteiger partial charge on any atom is 0.187 e. The van der Waals surface area contributed by atoms with Gasteiger partial charge in [-0.05, 0) is 0 Å². The molecule has 31 saturated heterocycles. The first-order valence-electron chi connectivity index (χ1n) is 27.7. The summed E-state index contributed by atoms with van der Waals surface area (Å²) in [4.78, 5) is 0. The van der Waals surface area contributed by atoms with E-state index in [1.165, 1.54) is 0 Å². The predicted octanol–water partition coefficient (Wildman–Crippen LogP) is -6.26. The van der Waals surface area contributed by atoms with E-state index in [0.29, 0.717) is 0 Å². The SMILES string of the molecule is O[C@@H]1[C@@H](O)[C@H]2O[C@H]3[C@H](O)[C@@H](O)[C@@H](O[C@H]4[C@H](O)[C@@H](O)[C@@H](O[C@H]5[C@H](O)[C@@H](O)[C@@H](O[C@H]6[C@@H]7OC[C@H]6O[C@H](O[C@H]6[C@H](O)[C@@H](O)[C@@H](O[C@H]8[C@H](O)[C@@H](O)[C@@H](O[C@H]9[C@H](O)[C@@H](O)[C@@H](O[C@@H]1[C@@H](CI)O2)O[C@@H]9CI)O[C@@H]8CI)O[C@@H]6CI)[C@@H]7O)O[C@@H]5CI)O[C@@H]4CI)O[C@@H]3CI. The molecule has 0 aliphatic carbocycles. The average Bonchev–Trinajstić information content (AvgIpc) is 2.07. The minimum Gasteiger partial charge on any atom is -0.387 e. The van der Waals surface area contributed by atoms with Crippen LogP contribution in [-0.2, 0) is 80.5 Å². The molecule has 0 amide bonds. The molecule has 0 aromatic heterocycles. The fourth-order valence-electron chi connectivity index (χ4n) is 12.1. The van der Waals surface area contributed by atoms with E-state index in [9.17, 15) is 76.6 Å². The normalized spacial score (nSPS) is 56.3. The van der Waals surface area contributed by atoms with E-state index in [4.69, 9.17) is 80.5 Å². The number of halogens is 7. The van der Waals surface area contributed by atoms with Gasteiger partial charge in [0.05, 0.1) is 49.3 Å². The van der Waals surface area contributed by atoms with Crippen molar-refractivity contribution in [2.24, 2.45) is 0 Å². The summed E-state index contributed by atoms with van der Waals surface area (Å²) in [6.45, 7) is -0.155. The fraction of sp³-hybridized carbons (Fsp3) is 1.00. The van der Waals surface area contributed by atoms with Gasteiger partial charge in [0, 0.05) is 31.0 Å². The molecule has 31 fully saturated rings. The van der Waals surface area contributed by atoms with Crippen molar-refractivity contribution < 1.29 is 157 Å². The quantitative estimate of drug-likeness (QED) is 0.0833. The van der Waals surface area contributed by atoms with Crippen LogP contribution in [0.15, 0.2) is 0 Å². The lowest BCUT2D eigenvalue weighted by atomic mass is 9.95. The van der Waals surface area contributed by atoms with Crippen LogP contribution < -0.4 is 0 Å². The monoisotopic (exact) mass is 2050 g/mol. The molecule has 31 heterocycles. The summed E-state index contributed by atoms with van der Waals surface area (Å²) in [5, 5.41) is 174. The number of rotatable bonds is 7. The zero-order valence-electron chi connectivity index (χ0n) is 45.0. The average molecular weight is 2050 g/mol. The molecule has 32 nitrogen and oxygen atoms in total. The topological polar surface area (TPSA) is 460 Å². The molecule has 0 unspecified atom stereocenters. The van der Waals surface area contributed by atoms with Crippen LogP contribution in [0.25, 0.3) is 0 Å². The van der Waals surface area contributed by atoms with Crippen LogP contribution in [0, 0.1) is 0 Å². The van der Waals surface area contributed by atoms with Crippen molar-refractivity contribution in [2.75, 3.05) is 37.6 Å². The van der Waals surface area contributed by atoms with Gasteiger partial charge < -0.3 is 157 Å². The first kappa shape index (κ1) is 73.5. The molecule has 87 heavy (non-hydrogen) atoms. The molecule has 0 spiro atoms. The molecule has 39 heteroatoms. The summed E-state index contributed by atoms with van der Waals surface area (Å²) in [6, 6.07) is 0. The van der Waals surface area contributed by atoms with Crippen molar-refractivity contribution in [2.45, 2.75) is 246 Å². The summed E-state index contributed by atoms with van der Waals surface area (Å²) in [6.07, 6.45) is -62.3. The van der Waals surface area contributed by atoms with Gasteiger partial charge >= 0.3 is 0 Å². The molecular weight excluding hydrogens is 1980 g/mol. The van der Waals surface area contributed by atoms with Crippen molar-refractivity contribution in [3.8, 4) is 0 Å². The molecule has 0 radical (unpaired) electrons. The van der Waals surface area contributed by atoms with E-state index in [-0.39, 0.29) is 37.6 Å². The number of hydrogen-bond donors (Lipinski definition) is 15. The molecular formula is C48H71I7O32. The summed E-state index contributed by atoms with van der Waals surface area (Å²) in [7, 11) is 0. The molecule has 18 bridgehead atoms. The molecule has 31 aliphatic rings. The molecule has 15 N–H and O–H groups in total. The molecule has 31 rings (SSSR count). The molecule has 31 aliphatic heterocycles. The number of ether oxygens (including phenoxy) is 17. The van der Waals surface area contributed by atoms with E-state index in [0.717, 1.165) is 0 Å². The first-order valence-corrected chi connectivity index (χ1v) is 38.4. The van der Waals surface area contributed by atoms with E-state index in [2.05, 4.69) is 0 Å². The van der Waals surface area contributed by atoms with E-state index >= 15 is 0 Å². The Labute approximate surface area is 592 Å². The second kappa shape index (κ2) is 32.0. The van der Waals surface area contributed by atoms with Gasteiger partial charge in [0.1, 0.15) is 153 Å². The lowest BCUT2D eigenvalue weighted by Crippen LogP contribution is -2.68. The van der Waals surface area contributed by atoms with E-state index in [1.54, 1.807) is 0 Å². The summed E-state index contributed by atoms with van der Waals surface area (Å²) >= 11 is 13.5. The Morgan fingerprint density at radius 1 is 0.195 bits per heavy atom. The standard InChI is InChI=1S/C48H71I7O32/c49-1-9-32-17(56)24(63)41(72-9)81-33-10(2-50)74-43(26(65)19(33)58)83-35-12(4-52)76-45(28(67)21(35)60)85-37-14(6-54)78-47(30(69)23(37)62)87-39-16-8-71-40(39)31(70)48(79-16)86-38-15(7-55)77-46(29(68)22(38)61)84-36-13(5-53)75-44(27(66)20(36)59)82-34-11(3-51)73-42(80-32)25(64)18(34)57/h9-48,56-70H,1-8H2/t9-,10-,11-,12-,13-,14-,15-,16-,17-,18-,19-,20-,21-,22-,23-,24-,25-,26-,27-,28-,29-,30-,31-,32-,33-,34-,35-,36-,37-,38-,39-,40-,41-,42-,43-,44-,45-,46-,47-,48-/m1/s1. The third-order valence-corrected chi connectivity index (χ3v) is 23.0. The van der Waals surface area contributed by atoms with Crippen LogP contribution in [0.4, 0.5) is 0 Å². The van der Waals surface area contributed by atoms with Crippen LogP contribution >= 0.6 is 158 Å². The highest BCUT2D eigenvalue weighted by atomic mass is 127. The van der Waals surface area contributed by atoms with Crippen LogP contribution in [0.1, 0.15) is 0 Å². The second-order valence-corrected chi connectivity index (χ2v) is 28.6. The Kier molecular flexibility index (Phi) is 27.1. The second-order valence-electron chi connectivity index (χ2n) is 22.4. The van der Waals surface area contributed by atoms with E-state index in [1.807, 2.05) is 158 Å². The van der Waals surface area contributed by atoms with Crippen molar-refractivity contribution in [3.05, 3.63) is 0 Å². The Bertz CT molecular complexity index is 2170. The Morgan fingerprint density at radius 3 is 0.552 bits per heavy atom. The van der Waals surface area contributed by atoms with Gasteiger partial charge in [-0.3, -0.25) is 0 Å². The minimum atomic E-state index is -1.93. The largest absolute Gasteiger partial charge is 0.387 e. The van der Waals surface area contributed by atoms with Crippen molar-refractivity contribution in [1.82, 2.24) is 0 Å². The number of hydrogen-bond acceptors (Lipinski definition) is 32. The number of alkyl halides is 7. The van der Waals surface area contributed by atoms with Gasteiger partial charge in [-0.1, -0.05) is 158 Å². The van der Waals surface area contributed by atoms with Crippen LogP contribution in [0.3, 0.4) is 0 Å². The lowest BCUT2D eigenvalue weighted by molar-refractivity contribution is -0.393. The molecule has 504 valence electrons. The predicted molar refractivity (Wildman–Crippen MR) is 340 cm³/mol. The van der Waals surface area contributed by atoms with Gasteiger partial charge in [-0.15, -0.1) is 0 Å². The Hall–Kier alpha value is 3.83. The zero-order chi connectivity index (χ0) is 62.8. The van der Waals surface area contributed by atoms with Gasteiger partial charge in [-0.25, -0.2) is 0 Å². The number of aliphatic hydroxyl groups is 15. The summed E-state index contributed by atoms with van der Waals surface area (Å²) in [5.74, 6) is 0. The van der Waals surface area contributed by atoms with Gasteiger partial charge in [0.2, 0.25) is 0 Å². The maximum absolute atomic E-state index is 11.7. The summed E-state index contributed by atoms with van der Waals surface area (Å²) in [5.41, 5.74) is 0. The molecule has 0 saturated carbocycles. The molecule has 0 aromatic rings. The van der Waals surface area contributed by atoms with Crippen LogP contribution in [0.5, 0.6) is 0 Å². The Balaban J connectivity index is 0.899. The third-order valence-electron chi connectivity index (χ3n) is 16.9. The van der Waals surface area contributed by atoms with Crippen molar-refractivity contribution in [1.29, 1.82) is 0 Å². The minimum absolute atomic E-state index is 0.0594. The first-order chi connectivity index (χ1) is 41.5. The lowest BCUT2D eigenvalue weighted by Gasteiger charge is -2.50. The summed E-state index contributed by atoms with van der Waals surface area (Å²) < 4.78 is 104. The molecule has 0 aromatic carbocycles. The zero-order valence-corrected chi connectivity index (χ0v) is 60.1. The third kappa shape index (κ3) is 15.0.